The number of ether oxygens (including phenoxy) is 1. The number of pyridine rings is 2. The number of halogens is 4. The molecule has 0 N–H and O–H groups in total. The molecule has 2 rings (SSSR count). The summed E-state index contributed by atoms with van der Waals surface area (Å²) in [6.45, 7) is 5.19. The molecule has 0 aliphatic carbocycles. The summed E-state index contributed by atoms with van der Waals surface area (Å²) in [5, 5.41) is 0. The normalized spacial score (nSPS) is 12.0. The van der Waals surface area contributed by atoms with E-state index in [9.17, 15) is 17.6 Å². The van der Waals surface area contributed by atoms with Crippen molar-refractivity contribution in [1.82, 2.24) is 9.97 Å². The van der Waals surface area contributed by atoms with Gasteiger partial charge in [0.1, 0.15) is 22.7 Å². The Morgan fingerprint density at radius 3 is 2.26 bits per heavy atom. The molecule has 2 heterocycles. The van der Waals surface area contributed by atoms with Gasteiger partial charge in [-0.2, -0.15) is 0 Å². The predicted octanol–water partition coefficient (Wildman–Crippen LogP) is 5.20. The molecule has 0 radical (unpaired) electrons. The Hall–Kier alpha value is -2.18. The molecule has 0 saturated carbocycles. The number of aromatic nitrogens is 2. The van der Waals surface area contributed by atoms with Gasteiger partial charge in [-0.15, -0.1) is 0 Å². The summed E-state index contributed by atoms with van der Waals surface area (Å²) in [7, 11) is 0. The van der Waals surface area contributed by atoms with E-state index in [-0.39, 0.29) is 11.4 Å². The Bertz CT molecular complexity index is 684. The molecular weight excluding hydrogens is 312 g/mol. The van der Waals surface area contributed by atoms with Crippen LogP contribution in [0.5, 0.6) is 5.75 Å². The lowest BCUT2D eigenvalue weighted by Crippen LogP contribution is -2.24. The second-order valence-electron chi connectivity index (χ2n) is 5.87. The van der Waals surface area contributed by atoms with E-state index in [0.717, 1.165) is 6.07 Å². The van der Waals surface area contributed by atoms with Crippen molar-refractivity contribution < 1.29 is 22.3 Å². The van der Waals surface area contributed by atoms with E-state index in [4.69, 9.17) is 4.74 Å². The molecule has 0 aliphatic heterocycles. The number of hydrogen-bond donors (Lipinski definition) is 0. The summed E-state index contributed by atoms with van der Waals surface area (Å²) in [5.74, 6) is -0.0283. The molecule has 7 heteroatoms. The third-order valence-electron chi connectivity index (χ3n) is 2.81. The van der Waals surface area contributed by atoms with Gasteiger partial charge in [0.15, 0.2) is 0 Å². The van der Waals surface area contributed by atoms with E-state index >= 15 is 0 Å². The average molecular weight is 328 g/mol. The summed E-state index contributed by atoms with van der Waals surface area (Å²) in [6.07, 6.45) is -4.39. The van der Waals surface area contributed by atoms with Gasteiger partial charge in [-0.25, -0.2) is 22.5 Å². The maximum atomic E-state index is 13.2. The van der Waals surface area contributed by atoms with Crippen LogP contribution < -0.4 is 4.74 Å². The first-order chi connectivity index (χ1) is 10.7. The van der Waals surface area contributed by atoms with Crippen molar-refractivity contribution >= 4 is 0 Å². The van der Waals surface area contributed by atoms with Crippen LogP contribution in [0.3, 0.4) is 0 Å². The Kier molecular flexibility index (Phi) is 4.87. The van der Waals surface area contributed by atoms with Gasteiger partial charge in [0, 0.05) is 11.8 Å². The number of nitrogens with zero attached hydrogens (tertiary/aromatic N) is 2. The van der Waals surface area contributed by atoms with Crippen molar-refractivity contribution in [3.8, 4) is 17.0 Å². The number of alkyl halides is 4. The van der Waals surface area contributed by atoms with Gasteiger partial charge >= 0.3 is 0 Å². The van der Waals surface area contributed by atoms with Gasteiger partial charge in [0.25, 0.3) is 12.9 Å². The minimum absolute atomic E-state index is 0.0283. The fraction of sp³-hybridized carbons (Fsp3) is 0.375. The lowest BCUT2D eigenvalue weighted by atomic mass is 10.1. The first-order valence-corrected chi connectivity index (χ1v) is 6.90. The molecule has 0 bridgehead atoms. The van der Waals surface area contributed by atoms with Gasteiger partial charge < -0.3 is 4.74 Å². The second kappa shape index (κ2) is 6.52. The van der Waals surface area contributed by atoms with Crippen LogP contribution in [-0.4, -0.2) is 15.6 Å². The first-order valence-electron chi connectivity index (χ1n) is 6.90. The van der Waals surface area contributed by atoms with Crippen LogP contribution in [0, 0.1) is 0 Å². The van der Waals surface area contributed by atoms with Crippen molar-refractivity contribution in [3.05, 3.63) is 41.9 Å². The van der Waals surface area contributed by atoms with Crippen LogP contribution in [0.2, 0.25) is 0 Å². The molecule has 0 fully saturated rings. The Labute approximate surface area is 131 Å². The molecule has 0 amide bonds. The minimum atomic E-state index is -2.84. The maximum absolute atomic E-state index is 13.2. The van der Waals surface area contributed by atoms with E-state index < -0.39 is 29.8 Å². The van der Waals surface area contributed by atoms with E-state index in [0.29, 0.717) is 5.56 Å². The largest absolute Gasteiger partial charge is 0.486 e. The molecule has 0 aliphatic rings. The molecule has 124 valence electrons. The fourth-order valence-corrected chi connectivity index (χ4v) is 1.92. The van der Waals surface area contributed by atoms with Crippen LogP contribution in [0.15, 0.2) is 30.5 Å². The third-order valence-corrected chi connectivity index (χ3v) is 2.81. The zero-order valence-corrected chi connectivity index (χ0v) is 12.9. The summed E-state index contributed by atoms with van der Waals surface area (Å²) in [6, 6.07) is 5.40. The monoisotopic (exact) mass is 328 g/mol. The van der Waals surface area contributed by atoms with E-state index in [2.05, 4.69) is 9.97 Å². The molecule has 0 atom stereocenters. The molecule has 0 spiro atoms. The van der Waals surface area contributed by atoms with Crippen molar-refractivity contribution in [2.75, 3.05) is 0 Å². The van der Waals surface area contributed by atoms with Crippen molar-refractivity contribution in [2.24, 2.45) is 0 Å². The van der Waals surface area contributed by atoms with Gasteiger partial charge in [-0.05, 0) is 45.0 Å². The lowest BCUT2D eigenvalue weighted by molar-refractivity contribution is 0.106. The average Bonchev–Trinajstić information content (AvgIpc) is 2.46. The molecule has 23 heavy (non-hydrogen) atoms. The highest BCUT2D eigenvalue weighted by molar-refractivity contribution is 5.60. The van der Waals surface area contributed by atoms with Crippen LogP contribution >= 0.6 is 0 Å². The van der Waals surface area contributed by atoms with Gasteiger partial charge in [-0.1, -0.05) is 0 Å². The van der Waals surface area contributed by atoms with Crippen LogP contribution in [0.1, 0.15) is 45.0 Å². The zero-order chi connectivity index (χ0) is 17.2. The smallest absolute Gasteiger partial charge is 0.284 e. The molecular formula is C16H16F4N2O. The lowest BCUT2D eigenvalue weighted by Gasteiger charge is -2.23. The second-order valence-corrected chi connectivity index (χ2v) is 5.87. The number of hydrogen-bond acceptors (Lipinski definition) is 3. The van der Waals surface area contributed by atoms with Crippen molar-refractivity contribution in [1.29, 1.82) is 0 Å². The standard InChI is InChI=1S/C16H16F4N2O/c1-16(2,3)23-12-5-4-10(22-13(12)15(19)20)9-6-7-21-11(8-9)14(17)18/h4-8,14-15H,1-3H3. The van der Waals surface area contributed by atoms with Crippen LogP contribution in [0.25, 0.3) is 11.3 Å². The van der Waals surface area contributed by atoms with Crippen LogP contribution in [0.4, 0.5) is 17.6 Å². The van der Waals surface area contributed by atoms with E-state index in [1.165, 1.54) is 24.4 Å². The summed E-state index contributed by atoms with van der Waals surface area (Å²) in [5.41, 5.74) is -1.16. The molecule has 0 saturated heterocycles. The molecule has 3 nitrogen and oxygen atoms in total. The predicted molar refractivity (Wildman–Crippen MR) is 77.8 cm³/mol. The topological polar surface area (TPSA) is 35.0 Å². The Morgan fingerprint density at radius 2 is 1.70 bits per heavy atom. The minimum Gasteiger partial charge on any atom is -0.486 e. The van der Waals surface area contributed by atoms with Crippen molar-refractivity contribution in [3.63, 3.8) is 0 Å². The molecule has 2 aromatic rings. The van der Waals surface area contributed by atoms with Crippen molar-refractivity contribution in [2.45, 2.75) is 39.2 Å². The number of rotatable bonds is 4. The fourth-order valence-electron chi connectivity index (χ4n) is 1.92. The summed E-state index contributed by atoms with van der Waals surface area (Å²) < 4.78 is 57.3. The quantitative estimate of drug-likeness (QED) is 0.724. The Morgan fingerprint density at radius 1 is 1.00 bits per heavy atom. The molecule has 2 aromatic heterocycles. The van der Waals surface area contributed by atoms with E-state index in [1.807, 2.05) is 0 Å². The highest BCUT2D eigenvalue weighted by atomic mass is 19.3. The SMILES string of the molecule is CC(C)(C)Oc1ccc(-c2ccnc(C(F)F)c2)nc1C(F)F. The highest BCUT2D eigenvalue weighted by Crippen LogP contribution is 2.32. The maximum Gasteiger partial charge on any atom is 0.284 e. The van der Waals surface area contributed by atoms with E-state index in [1.54, 1.807) is 20.8 Å². The summed E-state index contributed by atoms with van der Waals surface area (Å²) in [4.78, 5) is 7.42. The molecule has 0 unspecified atom stereocenters. The third kappa shape index (κ3) is 4.40. The highest BCUT2D eigenvalue weighted by Gasteiger charge is 2.22. The molecule has 0 aromatic carbocycles. The summed E-state index contributed by atoms with van der Waals surface area (Å²) >= 11 is 0. The Balaban J connectivity index is 2.45. The zero-order valence-electron chi connectivity index (χ0n) is 12.9. The van der Waals surface area contributed by atoms with Gasteiger partial charge in [0.05, 0.1) is 5.69 Å². The van der Waals surface area contributed by atoms with Gasteiger partial charge in [-0.3, -0.25) is 4.98 Å². The van der Waals surface area contributed by atoms with Crippen LogP contribution in [-0.2, 0) is 0 Å². The van der Waals surface area contributed by atoms with Gasteiger partial charge in [0.2, 0.25) is 0 Å². The first kappa shape index (κ1) is 17.2.